The number of aryl methyl sites for hydroxylation is 1. The van der Waals surface area contributed by atoms with E-state index in [1.165, 1.54) is 13.2 Å². The van der Waals surface area contributed by atoms with Crippen LogP contribution < -0.4 is 10.1 Å². The second-order valence-corrected chi connectivity index (χ2v) is 4.92. The Morgan fingerprint density at radius 3 is 2.60 bits per heavy atom. The lowest BCUT2D eigenvalue weighted by Crippen LogP contribution is -2.12. The fraction of sp³-hybridized carbons (Fsp3) is 0.143. The first-order valence-corrected chi connectivity index (χ1v) is 6.54. The zero-order valence-electron chi connectivity index (χ0n) is 10.9. The average molecular weight is 311 g/mol. The standard InChI is InChI=1S/C14H12Cl2N2O2/c1-8-5-9(6-13(16)17-8)14(19)18-10-3-4-12(20-2)11(15)7-10/h3-7H,1-2H3,(H,18,19). The Kier molecular flexibility index (Phi) is 4.47. The highest BCUT2D eigenvalue weighted by atomic mass is 35.5. The summed E-state index contributed by atoms with van der Waals surface area (Å²) in [6.45, 7) is 1.77. The van der Waals surface area contributed by atoms with E-state index < -0.39 is 0 Å². The number of pyridine rings is 1. The Hall–Kier alpha value is -1.78. The van der Waals surface area contributed by atoms with Crippen molar-refractivity contribution in [3.63, 3.8) is 0 Å². The molecule has 0 saturated carbocycles. The van der Waals surface area contributed by atoms with Gasteiger partial charge in [0, 0.05) is 16.9 Å². The fourth-order valence-corrected chi connectivity index (χ4v) is 2.22. The molecule has 0 atom stereocenters. The summed E-state index contributed by atoms with van der Waals surface area (Å²) in [6.07, 6.45) is 0. The van der Waals surface area contributed by atoms with Crippen LogP contribution in [-0.4, -0.2) is 18.0 Å². The molecule has 0 saturated heterocycles. The topological polar surface area (TPSA) is 51.2 Å². The summed E-state index contributed by atoms with van der Waals surface area (Å²) in [5.74, 6) is 0.270. The van der Waals surface area contributed by atoms with E-state index in [9.17, 15) is 4.79 Å². The van der Waals surface area contributed by atoms with Gasteiger partial charge in [-0.1, -0.05) is 23.2 Å². The molecule has 20 heavy (non-hydrogen) atoms. The Morgan fingerprint density at radius 1 is 1.25 bits per heavy atom. The van der Waals surface area contributed by atoms with Gasteiger partial charge >= 0.3 is 0 Å². The number of methoxy groups -OCH3 is 1. The number of carbonyl (C=O) groups is 1. The predicted molar refractivity (Wildman–Crippen MR) is 79.9 cm³/mol. The summed E-state index contributed by atoms with van der Waals surface area (Å²) in [5.41, 5.74) is 1.69. The molecule has 6 heteroatoms. The van der Waals surface area contributed by atoms with Crippen LogP contribution >= 0.6 is 23.2 Å². The van der Waals surface area contributed by atoms with Gasteiger partial charge in [0.1, 0.15) is 10.9 Å². The molecule has 2 aromatic rings. The lowest BCUT2D eigenvalue weighted by atomic mass is 10.2. The smallest absolute Gasteiger partial charge is 0.255 e. The van der Waals surface area contributed by atoms with Gasteiger partial charge in [0.15, 0.2) is 0 Å². The molecular formula is C14H12Cl2N2O2. The van der Waals surface area contributed by atoms with Crippen LogP contribution in [0.4, 0.5) is 5.69 Å². The highest BCUT2D eigenvalue weighted by molar-refractivity contribution is 6.32. The first-order valence-electron chi connectivity index (χ1n) is 5.78. The molecule has 104 valence electrons. The van der Waals surface area contributed by atoms with E-state index in [2.05, 4.69) is 10.3 Å². The van der Waals surface area contributed by atoms with Crippen LogP contribution in [0.5, 0.6) is 5.75 Å². The van der Waals surface area contributed by atoms with Crippen LogP contribution in [0.3, 0.4) is 0 Å². The van der Waals surface area contributed by atoms with Crippen molar-refractivity contribution >= 4 is 34.8 Å². The zero-order valence-corrected chi connectivity index (χ0v) is 12.4. The molecule has 1 aromatic carbocycles. The Labute approximate surface area is 126 Å². The lowest BCUT2D eigenvalue weighted by Gasteiger charge is -2.08. The molecule has 1 amide bonds. The first kappa shape index (κ1) is 14.6. The zero-order chi connectivity index (χ0) is 14.7. The van der Waals surface area contributed by atoms with E-state index in [-0.39, 0.29) is 11.1 Å². The third kappa shape index (κ3) is 3.40. The third-order valence-electron chi connectivity index (χ3n) is 2.59. The minimum Gasteiger partial charge on any atom is -0.495 e. The van der Waals surface area contributed by atoms with E-state index in [4.69, 9.17) is 27.9 Å². The van der Waals surface area contributed by atoms with Crippen molar-refractivity contribution in [2.75, 3.05) is 12.4 Å². The van der Waals surface area contributed by atoms with E-state index >= 15 is 0 Å². The van der Waals surface area contributed by atoms with Gasteiger partial charge in [-0.2, -0.15) is 0 Å². The summed E-state index contributed by atoms with van der Waals surface area (Å²) < 4.78 is 5.05. The molecular weight excluding hydrogens is 299 g/mol. The number of rotatable bonds is 3. The number of halogens is 2. The minimum absolute atomic E-state index is 0.279. The molecule has 2 rings (SSSR count). The molecule has 0 unspecified atom stereocenters. The molecule has 0 aliphatic heterocycles. The normalized spacial score (nSPS) is 10.2. The molecule has 4 nitrogen and oxygen atoms in total. The van der Waals surface area contributed by atoms with Gasteiger partial charge in [0.05, 0.1) is 12.1 Å². The highest BCUT2D eigenvalue weighted by Gasteiger charge is 2.10. The van der Waals surface area contributed by atoms with Gasteiger partial charge in [-0.3, -0.25) is 4.79 Å². The molecule has 0 fully saturated rings. The Morgan fingerprint density at radius 2 is 2.00 bits per heavy atom. The van der Waals surface area contributed by atoms with Gasteiger partial charge in [-0.05, 0) is 37.3 Å². The fourth-order valence-electron chi connectivity index (χ4n) is 1.71. The third-order valence-corrected chi connectivity index (χ3v) is 3.08. The monoisotopic (exact) mass is 310 g/mol. The number of carbonyl (C=O) groups excluding carboxylic acids is 1. The van der Waals surface area contributed by atoms with E-state index in [0.29, 0.717) is 27.7 Å². The summed E-state index contributed by atoms with van der Waals surface area (Å²) >= 11 is 11.8. The van der Waals surface area contributed by atoms with Gasteiger partial charge in [-0.25, -0.2) is 4.98 Å². The quantitative estimate of drug-likeness (QED) is 0.873. The van der Waals surface area contributed by atoms with Gasteiger partial charge < -0.3 is 10.1 Å². The molecule has 0 spiro atoms. The van der Waals surface area contributed by atoms with Gasteiger partial charge in [0.25, 0.3) is 5.91 Å². The van der Waals surface area contributed by atoms with Crippen molar-refractivity contribution in [2.24, 2.45) is 0 Å². The van der Waals surface area contributed by atoms with Gasteiger partial charge in [-0.15, -0.1) is 0 Å². The minimum atomic E-state index is -0.279. The maximum Gasteiger partial charge on any atom is 0.255 e. The van der Waals surface area contributed by atoms with Crippen LogP contribution in [0.15, 0.2) is 30.3 Å². The van der Waals surface area contributed by atoms with Crippen LogP contribution in [0.25, 0.3) is 0 Å². The number of anilines is 1. The molecule has 0 radical (unpaired) electrons. The van der Waals surface area contributed by atoms with Gasteiger partial charge in [0.2, 0.25) is 0 Å². The van der Waals surface area contributed by atoms with Crippen LogP contribution in [0, 0.1) is 6.92 Å². The molecule has 1 aromatic heterocycles. The largest absolute Gasteiger partial charge is 0.495 e. The maximum atomic E-state index is 12.1. The molecule has 0 bridgehead atoms. The summed E-state index contributed by atoms with van der Waals surface area (Å²) in [7, 11) is 1.53. The Balaban J connectivity index is 2.21. The predicted octanol–water partition coefficient (Wildman–Crippen LogP) is 3.96. The average Bonchev–Trinajstić information content (AvgIpc) is 2.37. The molecule has 0 aliphatic rings. The van der Waals surface area contributed by atoms with Crippen LogP contribution in [-0.2, 0) is 0 Å². The summed E-state index contributed by atoms with van der Waals surface area (Å²) in [5, 5.41) is 3.45. The highest BCUT2D eigenvalue weighted by Crippen LogP contribution is 2.27. The van der Waals surface area contributed by atoms with E-state index in [1.54, 1.807) is 31.2 Å². The van der Waals surface area contributed by atoms with Crippen molar-refractivity contribution in [2.45, 2.75) is 6.92 Å². The van der Waals surface area contributed by atoms with Crippen molar-refractivity contribution in [3.8, 4) is 5.75 Å². The number of nitrogens with one attached hydrogen (secondary N) is 1. The number of ether oxygens (including phenoxy) is 1. The SMILES string of the molecule is COc1ccc(NC(=O)c2cc(C)nc(Cl)c2)cc1Cl. The first-order chi connectivity index (χ1) is 9.49. The summed E-state index contributed by atoms with van der Waals surface area (Å²) in [4.78, 5) is 16.1. The number of aromatic nitrogens is 1. The number of hydrogen-bond donors (Lipinski definition) is 1. The second-order valence-electron chi connectivity index (χ2n) is 4.12. The molecule has 1 heterocycles. The van der Waals surface area contributed by atoms with Crippen LogP contribution in [0.1, 0.15) is 16.1 Å². The van der Waals surface area contributed by atoms with E-state index in [1.807, 2.05) is 0 Å². The number of hydrogen-bond acceptors (Lipinski definition) is 3. The summed E-state index contributed by atoms with van der Waals surface area (Å²) in [6, 6.07) is 8.18. The molecule has 0 aliphatic carbocycles. The maximum absolute atomic E-state index is 12.1. The second kappa shape index (κ2) is 6.11. The van der Waals surface area contributed by atoms with Crippen molar-refractivity contribution in [1.29, 1.82) is 0 Å². The van der Waals surface area contributed by atoms with Crippen molar-refractivity contribution < 1.29 is 9.53 Å². The number of nitrogens with zero attached hydrogens (tertiary/aromatic N) is 1. The van der Waals surface area contributed by atoms with Crippen molar-refractivity contribution in [1.82, 2.24) is 4.98 Å². The number of benzene rings is 1. The molecule has 1 N–H and O–H groups in total. The lowest BCUT2D eigenvalue weighted by molar-refractivity contribution is 0.102. The van der Waals surface area contributed by atoms with Crippen LogP contribution in [0.2, 0.25) is 10.2 Å². The Bertz CT molecular complexity index is 639. The van der Waals surface area contributed by atoms with E-state index in [0.717, 1.165) is 0 Å². The van der Waals surface area contributed by atoms with Crippen molar-refractivity contribution in [3.05, 3.63) is 51.8 Å². The number of amides is 1.